The first-order valence-corrected chi connectivity index (χ1v) is 6.90. The highest BCUT2D eigenvalue weighted by molar-refractivity contribution is 5.70. The number of carbonyl (C=O) groups excluding carboxylic acids is 1. The van der Waals surface area contributed by atoms with Gasteiger partial charge in [0.05, 0.1) is 12.1 Å². The summed E-state index contributed by atoms with van der Waals surface area (Å²) in [4.78, 5) is 20.3. The molecule has 2 aliphatic rings. The van der Waals surface area contributed by atoms with Gasteiger partial charge in [0.15, 0.2) is 5.82 Å². The van der Waals surface area contributed by atoms with Crippen LogP contribution in [-0.2, 0) is 4.74 Å². The van der Waals surface area contributed by atoms with Crippen LogP contribution in [0.2, 0.25) is 0 Å². The second-order valence-corrected chi connectivity index (χ2v) is 6.45. The van der Waals surface area contributed by atoms with Crippen molar-refractivity contribution < 1.29 is 14.1 Å². The molecule has 7 heteroatoms. The van der Waals surface area contributed by atoms with E-state index in [2.05, 4.69) is 15.0 Å². The van der Waals surface area contributed by atoms with Gasteiger partial charge >= 0.3 is 12.1 Å². The fourth-order valence-corrected chi connectivity index (χ4v) is 2.85. The molecule has 0 aromatic carbocycles. The van der Waals surface area contributed by atoms with Crippen molar-refractivity contribution in [2.24, 2.45) is 0 Å². The van der Waals surface area contributed by atoms with Crippen LogP contribution in [0.1, 0.15) is 33.0 Å². The molecule has 0 aliphatic carbocycles. The average molecular weight is 280 g/mol. The quantitative estimate of drug-likeness (QED) is 0.777. The van der Waals surface area contributed by atoms with Crippen LogP contribution in [0.15, 0.2) is 4.52 Å². The summed E-state index contributed by atoms with van der Waals surface area (Å²) in [6.45, 7) is 8.83. The second kappa shape index (κ2) is 4.36. The summed E-state index contributed by atoms with van der Waals surface area (Å²) in [5, 5.41) is 3.81. The molecule has 2 atom stereocenters. The summed E-state index contributed by atoms with van der Waals surface area (Å²) in [6.07, 6.45) is 0.701. The van der Waals surface area contributed by atoms with Crippen LogP contribution in [-0.4, -0.2) is 51.9 Å². The number of aromatic nitrogens is 2. The number of nitrogens with zero attached hydrogens (tertiary/aromatic N) is 4. The summed E-state index contributed by atoms with van der Waals surface area (Å²) >= 11 is 0. The topological polar surface area (TPSA) is 71.7 Å². The highest BCUT2D eigenvalue weighted by Crippen LogP contribution is 2.34. The Hall–Kier alpha value is -1.79. The van der Waals surface area contributed by atoms with E-state index >= 15 is 0 Å². The first kappa shape index (κ1) is 13.2. The molecular formula is C13H20N4O3. The molecule has 1 aromatic heterocycles. The minimum absolute atomic E-state index is 0.169. The fraction of sp³-hybridized carbons (Fsp3) is 0.769. The molecule has 0 unspecified atom stereocenters. The van der Waals surface area contributed by atoms with Crippen LogP contribution in [0.4, 0.5) is 10.8 Å². The Morgan fingerprint density at radius 2 is 2.10 bits per heavy atom. The van der Waals surface area contributed by atoms with Gasteiger partial charge in [-0.1, -0.05) is 5.16 Å². The van der Waals surface area contributed by atoms with Crippen molar-refractivity contribution in [1.29, 1.82) is 0 Å². The molecule has 2 fully saturated rings. The maximum absolute atomic E-state index is 12.1. The van der Waals surface area contributed by atoms with Crippen LogP contribution in [0.3, 0.4) is 0 Å². The highest BCUT2D eigenvalue weighted by Gasteiger charge is 2.48. The van der Waals surface area contributed by atoms with Crippen molar-refractivity contribution in [3.63, 3.8) is 0 Å². The molecule has 0 saturated carbocycles. The number of piperazine rings is 1. The van der Waals surface area contributed by atoms with E-state index in [1.54, 1.807) is 6.92 Å². The zero-order valence-corrected chi connectivity index (χ0v) is 12.3. The van der Waals surface area contributed by atoms with Gasteiger partial charge in [-0.3, -0.25) is 0 Å². The monoisotopic (exact) mass is 280 g/mol. The second-order valence-electron chi connectivity index (χ2n) is 6.45. The lowest BCUT2D eigenvalue weighted by atomic mass is 10.2. The zero-order chi connectivity index (χ0) is 14.5. The lowest BCUT2D eigenvalue weighted by Crippen LogP contribution is -2.50. The third-order valence-corrected chi connectivity index (χ3v) is 3.63. The standard InChI is InChI=1S/C13H20N4O3/c1-8-14-11(20-15-8)16-6-10-5-9(16)7-17(10)12(18)19-13(2,3)4/h9-10H,5-7H2,1-4H3/t9-,10-/m1/s1. The van der Waals surface area contributed by atoms with Crippen LogP contribution in [0, 0.1) is 6.92 Å². The zero-order valence-electron chi connectivity index (χ0n) is 12.3. The van der Waals surface area contributed by atoms with Crippen molar-refractivity contribution in [2.45, 2.75) is 51.8 Å². The van der Waals surface area contributed by atoms with Gasteiger partial charge < -0.3 is 19.1 Å². The minimum atomic E-state index is -0.456. The van der Waals surface area contributed by atoms with Gasteiger partial charge in [0.1, 0.15) is 5.60 Å². The van der Waals surface area contributed by atoms with E-state index in [1.165, 1.54) is 0 Å². The summed E-state index contributed by atoms with van der Waals surface area (Å²) in [6, 6.07) is 0.966. The molecule has 2 saturated heterocycles. The normalized spacial score (nSPS) is 25.4. The lowest BCUT2D eigenvalue weighted by Gasteiger charge is -2.34. The number of aryl methyl sites for hydroxylation is 1. The summed E-state index contributed by atoms with van der Waals surface area (Å²) in [5.74, 6) is 0.631. The van der Waals surface area contributed by atoms with E-state index in [1.807, 2.05) is 25.7 Å². The van der Waals surface area contributed by atoms with E-state index in [4.69, 9.17) is 9.26 Å². The minimum Gasteiger partial charge on any atom is -0.444 e. The molecule has 1 amide bonds. The molecule has 3 heterocycles. The molecular weight excluding hydrogens is 260 g/mol. The SMILES string of the molecule is Cc1noc(N2C[C@H]3C[C@@H]2CN3C(=O)OC(C)(C)C)n1. The largest absolute Gasteiger partial charge is 0.444 e. The molecule has 2 bridgehead atoms. The van der Waals surface area contributed by atoms with Crippen molar-refractivity contribution in [3.05, 3.63) is 5.82 Å². The van der Waals surface area contributed by atoms with Gasteiger partial charge in [-0.15, -0.1) is 0 Å². The maximum atomic E-state index is 12.1. The van der Waals surface area contributed by atoms with Crippen molar-refractivity contribution >= 4 is 12.1 Å². The van der Waals surface area contributed by atoms with Crippen molar-refractivity contribution in [1.82, 2.24) is 15.0 Å². The highest BCUT2D eigenvalue weighted by atomic mass is 16.6. The molecule has 0 N–H and O–H groups in total. The molecule has 3 rings (SSSR count). The number of hydrogen-bond donors (Lipinski definition) is 0. The number of rotatable bonds is 1. The van der Waals surface area contributed by atoms with E-state index in [-0.39, 0.29) is 18.2 Å². The molecule has 0 radical (unpaired) electrons. The summed E-state index contributed by atoms with van der Waals surface area (Å²) in [5.41, 5.74) is -0.456. The van der Waals surface area contributed by atoms with Gasteiger partial charge in [0.25, 0.3) is 0 Å². The summed E-state index contributed by atoms with van der Waals surface area (Å²) < 4.78 is 10.6. The number of likely N-dealkylation sites (tertiary alicyclic amines) is 1. The molecule has 20 heavy (non-hydrogen) atoms. The third-order valence-electron chi connectivity index (χ3n) is 3.63. The number of anilines is 1. The predicted molar refractivity (Wildman–Crippen MR) is 71.5 cm³/mol. The first-order valence-electron chi connectivity index (χ1n) is 6.90. The van der Waals surface area contributed by atoms with E-state index in [9.17, 15) is 4.79 Å². The van der Waals surface area contributed by atoms with E-state index in [0.717, 1.165) is 13.0 Å². The van der Waals surface area contributed by atoms with E-state index in [0.29, 0.717) is 18.4 Å². The van der Waals surface area contributed by atoms with Gasteiger partial charge in [-0.05, 0) is 34.1 Å². The van der Waals surface area contributed by atoms with Crippen LogP contribution < -0.4 is 4.90 Å². The Kier molecular flexibility index (Phi) is 2.88. The number of carbonyl (C=O) groups is 1. The van der Waals surface area contributed by atoms with Crippen LogP contribution >= 0.6 is 0 Å². The molecule has 0 spiro atoms. The Morgan fingerprint density at radius 3 is 2.60 bits per heavy atom. The van der Waals surface area contributed by atoms with Crippen molar-refractivity contribution in [3.8, 4) is 0 Å². The van der Waals surface area contributed by atoms with Gasteiger partial charge in [-0.2, -0.15) is 4.98 Å². The van der Waals surface area contributed by atoms with Gasteiger partial charge in [-0.25, -0.2) is 4.79 Å². The fourth-order valence-electron chi connectivity index (χ4n) is 2.85. The van der Waals surface area contributed by atoms with Gasteiger partial charge in [0, 0.05) is 13.1 Å². The predicted octanol–water partition coefficient (Wildman–Crippen LogP) is 1.58. The average Bonchev–Trinajstić information content (AvgIpc) is 2.99. The third kappa shape index (κ3) is 2.32. The Bertz CT molecular complexity index is 522. The Labute approximate surface area is 117 Å². The molecule has 1 aromatic rings. The van der Waals surface area contributed by atoms with Crippen LogP contribution in [0.5, 0.6) is 0 Å². The van der Waals surface area contributed by atoms with Crippen molar-refractivity contribution in [2.75, 3.05) is 18.0 Å². The number of ether oxygens (including phenoxy) is 1. The number of fused-ring (bicyclic) bond motifs is 2. The molecule has 7 nitrogen and oxygen atoms in total. The smallest absolute Gasteiger partial charge is 0.410 e. The summed E-state index contributed by atoms with van der Waals surface area (Å²) in [7, 11) is 0. The number of amides is 1. The number of hydrogen-bond acceptors (Lipinski definition) is 6. The Balaban J connectivity index is 1.66. The molecule has 110 valence electrons. The maximum Gasteiger partial charge on any atom is 0.410 e. The first-order chi connectivity index (χ1) is 9.33. The van der Waals surface area contributed by atoms with Crippen LogP contribution in [0.25, 0.3) is 0 Å². The van der Waals surface area contributed by atoms with E-state index < -0.39 is 5.60 Å². The molecule has 2 aliphatic heterocycles. The Morgan fingerprint density at radius 1 is 1.35 bits per heavy atom. The lowest BCUT2D eigenvalue weighted by molar-refractivity contribution is 0.0213. The van der Waals surface area contributed by atoms with Gasteiger partial charge in [0.2, 0.25) is 0 Å².